The van der Waals surface area contributed by atoms with Gasteiger partial charge in [-0.2, -0.15) is 0 Å². The van der Waals surface area contributed by atoms with Gasteiger partial charge in [0.1, 0.15) is 0 Å². The average molecular weight is 381 g/mol. The summed E-state index contributed by atoms with van der Waals surface area (Å²) in [6.07, 6.45) is 5.90. The molecule has 138 valence electrons. The molecule has 0 bridgehead atoms. The van der Waals surface area contributed by atoms with E-state index in [1.54, 1.807) is 0 Å². The highest BCUT2D eigenvalue weighted by Gasteiger charge is 2.19. The molecule has 2 aromatic carbocycles. The van der Waals surface area contributed by atoms with Crippen molar-refractivity contribution < 1.29 is 0 Å². The van der Waals surface area contributed by atoms with Gasteiger partial charge in [-0.3, -0.25) is 0 Å². The Labute approximate surface area is 164 Å². The molecule has 1 aliphatic carbocycles. The van der Waals surface area contributed by atoms with Gasteiger partial charge in [0.2, 0.25) is 0 Å². The highest BCUT2D eigenvalue weighted by Crippen LogP contribution is 2.28. The molecule has 2 N–H and O–H groups in total. The maximum Gasteiger partial charge on any atom is 0.0375 e. The standard InChI is InChI=1S/C21H28N2.2ClH/c1-2-14-22-19-11-12-20-18(16-19)9-6-10-21(20)23-15-13-17-7-4-3-5-8-17;;/h3-10,19,22-23H,2,11-16H2,1H3;2*1H. The smallest absolute Gasteiger partial charge is 0.0375 e. The van der Waals surface area contributed by atoms with Crippen LogP contribution in [0.3, 0.4) is 0 Å². The van der Waals surface area contributed by atoms with Crippen LogP contribution in [0.25, 0.3) is 0 Å². The van der Waals surface area contributed by atoms with Crippen molar-refractivity contribution >= 4 is 30.5 Å². The maximum atomic E-state index is 3.68. The molecule has 0 heterocycles. The third kappa shape index (κ3) is 6.22. The summed E-state index contributed by atoms with van der Waals surface area (Å²) in [7, 11) is 0. The molecule has 0 amide bonds. The Morgan fingerprint density at radius 2 is 1.76 bits per heavy atom. The van der Waals surface area contributed by atoms with Gasteiger partial charge in [-0.15, -0.1) is 24.8 Å². The van der Waals surface area contributed by atoms with Crippen molar-refractivity contribution in [2.24, 2.45) is 0 Å². The normalized spacial score (nSPS) is 15.5. The summed E-state index contributed by atoms with van der Waals surface area (Å²) in [5.41, 5.74) is 5.80. The van der Waals surface area contributed by atoms with Crippen LogP contribution in [0.5, 0.6) is 0 Å². The van der Waals surface area contributed by atoms with Crippen LogP contribution in [0, 0.1) is 0 Å². The highest BCUT2D eigenvalue weighted by molar-refractivity contribution is 5.85. The number of halogens is 2. The van der Waals surface area contributed by atoms with E-state index < -0.39 is 0 Å². The molecule has 0 fully saturated rings. The molecule has 4 heteroatoms. The van der Waals surface area contributed by atoms with Gasteiger partial charge in [-0.1, -0.05) is 49.4 Å². The molecule has 0 aliphatic heterocycles. The number of rotatable bonds is 7. The van der Waals surface area contributed by atoms with Crippen LogP contribution in [0.2, 0.25) is 0 Å². The van der Waals surface area contributed by atoms with Crippen molar-refractivity contribution in [2.45, 2.75) is 45.1 Å². The number of hydrogen-bond acceptors (Lipinski definition) is 2. The van der Waals surface area contributed by atoms with Gasteiger partial charge in [0, 0.05) is 18.3 Å². The van der Waals surface area contributed by atoms with E-state index in [0.29, 0.717) is 6.04 Å². The summed E-state index contributed by atoms with van der Waals surface area (Å²) >= 11 is 0. The van der Waals surface area contributed by atoms with E-state index in [9.17, 15) is 0 Å². The van der Waals surface area contributed by atoms with Crippen molar-refractivity contribution in [3.63, 3.8) is 0 Å². The van der Waals surface area contributed by atoms with E-state index in [1.807, 2.05) is 0 Å². The topological polar surface area (TPSA) is 24.1 Å². The van der Waals surface area contributed by atoms with Crippen molar-refractivity contribution in [2.75, 3.05) is 18.4 Å². The Morgan fingerprint density at radius 1 is 0.960 bits per heavy atom. The summed E-state index contributed by atoms with van der Waals surface area (Å²) < 4.78 is 0. The van der Waals surface area contributed by atoms with Crippen molar-refractivity contribution in [1.82, 2.24) is 5.32 Å². The molecule has 3 rings (SSSR count). The first kappa shape index (κ1) is 21.8. The first-order valence-corrected chi connectivity index (χ1v) is 8.98. The fourth-order valence-electron chi connectivity index (χ4n) is 3.48. The third-order valence-electron chi connectivity index (χ3n) is 4.74. The van der Waals surface area contributed by atoms with Crippen LogP contribution in [0.4, 0.5) is 5.69 Å². The minimum absolute atomic E-state index is 0. The quantitative estimate of drug-likeness (QED) is 0.702. The summed E-state index contributed by atoms with van der Waals surface area (Å²) in [6.45, 7) is 4.37. The Morgan fingerprint density at radius 3 is 2.52 bits per heavy atom. The lowest BCUT2D eigenvalue weighted by atomic mass is 9.87. The maximum absolute atomic E-state index is 3.68. The largest absolute Gasteiger partial charge is 0.384 e. The van der Waals surface area contributed by atoms with E-state index in [2.05, 4.69) is 66.1 Å². The zero-order chi connectivity index (χ0) is 15.9. The van der Waals surface area contributed by atoms with E-state index in [4.69, 9.17) is 0 Å². The first-order chi connectivity index (χ1) is 11.4. The first-order valence-electron chi connectivity index (χ1n) is 8.98. The summed E-state index contributed by atoms with van der Waals surface area (Å²) in [4.78, 5) is 0. The molecule has 0 saturated carbocycles. The van der Waals surface area contributed by atoms with Crippen LogP contribution < -0.4 is 10.6 Å². The second-order valence-corrected chi connectivity index (χ2v) is 6.50. The number of nitrogens with one attached hydrogen (secondary N) is 2. The van der Waals surface area contributed by atoms with E-state index in [-0.39, 0.29) is 24.8 Å². The molecule has 2 nitrogen and oxygen atoms in total. The minimum Gasteiger partial charge on any atom is -0.384 e. The second kappa shape index (κ2) is 11.4. The Hall–Kier alpha value is -1.22. The second-order valence-electron chi connectivity index (χ2n) is 6.50. The van der Waals surface area contributed by atoms with Gasteiger partial charge in [-0.05, 0) is 61.4 Å². The number of anilines is 1. The van der Waals surface area contributed by atoms with Gasteiger partial charge in [0.05, 0.1) is 0 Å². The molecular weight excluding hydrogens is 351 g/mol. The molecule has 1 unspecified atom stereocenters. The zero-order valence-corrected chi connectivity index (χ0v) is 16.6. The summed E-state index contributed by atoms with van der Waals surface area (Å²) in [5, 5.41) is 7.33. The lowest BCUT2D eigenvalue weighted by molar-refractivity contribution is 0.459. The molecule has 0 aromatic heterocycles. The fraction of sp³-hybridized carbons (Fsp3) is 0.429. The SMILES string of the molecule is CCCNC1CCc2c(cccc2NCCc2ccccc2)C1.Cl.Cl. The molecular formula is C21H30Cl2N2. The van der Waals surface area contributed by atoms with Crippen molar-refractivity contribution in [3.05, 3.63) is 65.2 Å². The van der Waals surface area contributed by atoms with Gasteiger partial charge >= 0.3 is 0 Å². The van der Waals surface area contributed by atoms with Crippen molar-refractivity contribution in [1.29, 1.82) is 0 Å². The molecule has 25 heavy (non-hydrogen) atoms. The number of fused-ring (bicyclic) bond motifs is 1. The predicted octanol–water partition coefficient (Wildman–Crippen LogP) is 5.04. The van der Waals surface area contributed by atoms with Crippen LogP contribution in [0.1, 0.15) is 36.5 Å². The Balaban J connectivity index is 0.00000156. The predicted molar refractivity (Wildman–Crippen MR) is 114 cm³/mol. The molecule has 0 saturated heterocycles. The third-order valence-corrected chi connectivity index (χ3v) is 4.74. The van der Waals surface area contributed by atoms with Gasteiger partial charge in [0.15, 0.2) is 0 Å². The van der Waals surface area contributed by atoms with Gasteiger partial charge in [0.25, 0.3) is 0 Å². The Kier molecular flexibility index (Phi) is 9.96. The van der Waals surface area contributed by atoms with E-state index in [0.717, 1.165) is 19.5 Å². The molecule has 2 aromatic rings. The molecule has 0 spiro atoms. The van der Waals surface area contributed by atoms with Crippen LogP contribution in [0.15, 0.2) is 48.5 Å². The van der Waals surface area contributed by atoms with E-state index in [1.165, 1.54) is 48.1 Å². The molecule has 1 aliphatic rings. The molecule has 0 radical (unpaired) electrons. The van der Waals surface area contributed by atoms with E-state index >= 15 is 0 Å². The van der Waals surface area contributed by atoms with Gasteiger partial charge in [-0.25, -0.2) is 0 Å². The molecule has 1 atom stereocenters. The highest BCUT2D eigenvalue weighted by atomic mass is 35.5. The van der Waals surface area contributed by atoms with Crippen LogP contribution in [-0.2, 0) is 19.3 Å². The monoisotopic (exact) mass is 380 g/mol. The fourth-order valence-corrected chi connectivity index (χ4v) is 3.48. The summed E-state index contributed by atoms with van der Waals surface area (Å²) in [5.74, 6) is 0. The van der Waals surface area contributed by atoms with Gasteiger partial charge < -0.3 is 10.6 Å². The van der Waals surface area contributed by atoms with Crippen molar-refractivity contribution in [3.8, 4) is 0 Å². The lowest BCUT2D eigenvalue weighted by Crippen LogP contribution is -2.35. The lowest BCUT2D eigenvalue weighted by Gasteiger charge is -2.27. The number of hydrogen-bond donors (Lipinski definition) is 2. The number of benzene rings is 2. The summed E-state index contributed by atoms with van der Waals surface area (Å²) in [6, 6.07) is 18.1. The Bertz CT molecular complexity index is 617. The zero-order valence-electron chi connectivity index (χ0n) is 15.0. The minimum atomic E-state index is 0. The van der Waals surface area contributed by atoms with Crippen LogP contribution in [-0.4, -0.2) is 19.1 Å². The van der Waals surface area contributed by atoms with Crippen LogP contribution >= 0.6 is 24.8 Å². The average Bonchev–Trinajstić information content (AvgIpc) is 2.61.